The maximum absolute atomic E-state index is 12.3. The number of hydrogen-bond acceptors (Lipinski definition) is 3. The Morgan fingerprint density at radius 1 is 1.12 bits per heavy atom. The summed E-state index contributed by atoms with van der Waals surface area (Å²) in [6.45, 7) is 4.47. The number of carbonyl (C=O) groups excluding carboxylic acids is 2. The highest BCUT2D eigenvalue weighted by Crippen LogP contribution is 2.68. The topological polar surface area (TPSA) is 54.4 Å². The molecule has 0 unspecified atom stereocenters. The van der Waals surface area contributed by atoms with E-state index in [9.17, 15) is 14.7 Å². The average Bonchev–Trinajstić information content (AvgIpc) is 2.93. The van der Waals surface area contributed by atoms with Gasteiger partial charge in [-0.25, -0.2) is 0 Å². The van der Waals surface area contributed by atoms with Gasteiger partial charge in [-0.3, -0.25) is 9.59 Å². The monoisotopic (exact) mass is 410 g/mol. The largest absolute Gasteiger partial charge is 0.389 e. The maximum Gasteiger partial charge on any atom is 0.161 e. The average molecular weight is 411 g/mol. The molecule has 0 amide bonds. The van der Waals surface area contributed by atoms with Crippen LogP contribution >= 0.6 is 15.9 Å². The quantitative estimate of drug-likeness (QED) is 0.695. The van der Waals surface area contributed by atoms with Crippen molar-refractivity contribution in [1.29, 1.82) is 0 Å². The Morgan fingerprint density at radius 2 is 1.84 bits per heavy atom. The second kappa shape index (κ2) is 6.15. The Morgan fingerprint density at radius 3 is 2.56 bits per heavy atom. The molecule has 0 bridgehead atoms. The minimum atomic E-state index is -0.302. The number of aliphatic hydroxyl groups excluding tert-OH is 1. The third-order valence-corrected chi connectivity index (χ3v) is 10.0. The number of hydrogen-bond donors (Lipinski definition) is 1. The minimum absolute atomic E-state index is 0.0516. The van der Waals surface area contributed by atoms with E-state index < -0.39 is 0 Å². The molecule has 4 aliphatic rings. The van der Waals surface area contributed by atoms with E-state index in [1.807, 2.05) is 0 Å². The van der Waals surface area contributed by atoms with Crippen LogP contribution in [0, 0.1) is 40.4 Å². The van der Waals surface area contributed by atoms with E-state index in [0.29, 0.717) is 34.3 Å². The molecule has 0 spiro atoms. The molecule has 0 aromatic rings. The first-order chi connectivity index (χ1) is 11.8. The van der Waals surface area contributed by atoms with Gasteiger partial charge in [-0.15, -0.1) is 0 Å². The number of alkyl halides is 1. The van der Waals surface area contributed by atoms with E-state index in [0.717, 1.165) is 44.9 Å². The Labute approximate surface area is 159 Å². The normalized spacial score (nSPS) is 52.2. The number of aliphatic hydroxyl groups is 1. The van der Waals surface area contributed by atoms with Crippen LogP contribution in [0.3, 0.4) is 0 Å². The zero-order valence-electron chi connectivity index (χ0n) is 15.5. The summed E-state index contributed by atoms with van der Waals surface area (Å²) >= 11 is 3.97. The first kappa shape index (κ1) is 18.2. The highest BCUT2D eigenvalue weighted by molar-refractivity contribution is 9.09. The van der Waals surface area contributed by atoms with Crippen molar-refractivity contribution in [2.45, 2.75) is 70.0 Å². The van der Waals surface area contributed by atoms with Gasteiger partial charge in [-0.05, 0) is 73.0 Å². The van der Waals surface area contributed by atoms with Crippen molar-refractivity contribution in [2.75, 3.05) is 6.61 Å². The van der Waals surface area contributed by atoms with Crippen LogP contribution in [0.5, 0.6) is 0 Å². The van der Waals surface area contributed by atoms with E-state index in [4.69, 9.17) is 0 Å². The number of carbonyl (C=O) groups is 2. The summed E-state index contributed by atoms with van der Waals surface area (Å²) < 4.78 is 0. The van der Waals surface area contributed by atoms with Gasteiger partial charge in [-0.1, -0.05) is 29.8 Å². The fourth-order valence-electron chi connectivity index (χ4n) is 7.67. The lowest BCUT2D eigenvalue weighted by atomic mass is 9.44. The first-order valence-electron chi connectivity index (χ1n) is 10.1. The van der Waals surface area contributed by atoms with Gasteiger partial charge >= 0.3 is 0 Å². The highest BCUT2D eigenvalue weighted by Gasteiger charge is 2.62. The Bertz CT molecular complexity index is 590. The number of ketones is 2. The molecule has 4 saturated carbocycles. The summed E-state index contributed by atoms with van der Waals surface area (Å²) in [5, 5.41) is 9.41. The van der Waals surface area contributed by atoms with Crippen LogP contribution < -0.4 is 0 Å². The van der Waals surface area contributed by atoms with Gasteiger partial charge in [-0.2, -0.15) is 0 Å². The van der Waals surface area contributed by atoms with Crippen LogP contribution in [0.15, 0.2) is 0 Å². The van der Waals surface area contributed by atoms with Crippen molar-refractivity contribution in [3.8, 4) is 0 Å². The van der Waals surface area contributed by atoms with E-state index >= 15 is 0 Å². The predicted octanol–water partition coefficient (Wildman–Crippen LogP) is 4.15. The molecule has 3 nitrogen and oxygen atoms in total. The molecule has 140 valence electrons. The van der Waals surface area contributed by atoms with Crippen LogP contribution in [0.4, 0.5) is 0 Å². The predicted molar refractivity (Wildman–Crippen MR) is 100 cm³/mol. The molecule has 4 fully saturated rings. The summed E-state index contributed by atoms with van der Waals surface area (Å²) in [6.07, 6.45) is 8.09. The number of Topliss-reactive ketones (excluding diaryl/α,β-unsaturated/α-hetero) is 2. The van der Waals surface area contributed by atoms with Crippen LogP contribution in [0.2, 0.25) is 0 Å². The van der Waals surface area contributed by atoms with Gasteiger partial charge in [0.2, 0.25) is 0 Å². The molecule has 0 aromatic carbocycles. The molecule has 8 atom stereocenters. The van der Waals surface area contributed by atoms with Gasteiger partial charge < -0.3 is 5.11 Å². The summed E-state index contributed by atoms with van der Waals surface area (Å²) in [7, 11) is 0. The Hall–Kier alpha value is -0.220. The zero-order valence-corrected chi connectivity index (χ0v) is 17.1. The highest BCUT2D eigenvalue weighted by atomic mass is 79.9. The number of fused-ring (bicyclic) bond motifs is 5. The third-order valence-electron chi connectivity index (χ3n) is 9.00. The second-order valence-electron chi connectivity index (χ2n) is 9.78. The van der Waals surface area contributed by atoms with Crippen molar-refractivity contribution in [3.05, 3.63) is 0 Å². The second-order valence-corrected chi connectivity index (χ2v) is 11.0. The SMILES string of the molecule is C[C@]12CCC(=O)C[C@H]1[C@@H](Br)C[C@@H]1[C@@H]2CC[C@]2(C)[C@@H](C(=O)CO)CC[C@@H]12. The summed E-state index contributed by atoms with van der Waals surface area (Å²) in [5.41, 5.74) is 0.340. The minimum Gasteiger partial charge on any atom is -0.389 e. The molecular weight excluding hydrogens is 380 g/mol. The van der Waals surface area contributed by atoms with Gasteiger partial charge in [0.1, 0.15) is 12.4 Å². The van der Waals surface area contributed by atoms with Gasteiger partial charge in [0, 0.05) is 23.6 Å². The Kier molecular flexibility index (Phi) is 4.47. The van der Waals surface area contributed by atoms with Crippen molar-refractivity contribution >= 4 is 27.5 Å². The van der Waals surface area contributed by atoms with Crippen molar-refractivity contribution in [3.63, 3.8) is 0 Å². The molecule has 0 heterocycles. The molecule has 0 aromatic heterocycles. The van der Waals surface area contributed by atoms with Crippen LogP contribution in [-0.4, -0.2) is 28.1 Å². The molecule has 25 heavy (non-hydrogen) atoms. The van der Waals surface area contributed by atoms with Gasteiger partial charge in [0.25, 0.3) is 0 Å². The lowest BCUT2D eigenvalue weighted by molar-refractivity contribution is -0.143. The van der Waals surface area contributed by atoms with Crippen molar-refractivity contribution in [1.82, 2.24) is 0 Å². The lowest BCUT2D eigenvalue weighted by Crippen LogP contribution is -2.57. The van der Waals surface area contributed by atoms with Crippen molar-refractivity contribution in [2.24, 2.45) is 40.4 Å². The molecule has 4 heteroatoms. The fraction of sp³-hybridized carbons (Fsp3) is 0.905. The number of halogens is 1. The van der Waals surface area contributed by atoms with Crippen LogP contribution in [0.1, 0.15) is 65.2 Å². The van der Waals surface area contributed by atoms with E-state index in [2.05, 4.69) is 29.8 Å². The van der Waals surface area contributed by atoms with Gasteiger partial charge in [0.15, 0.2) is 5.78 Å². The fourth-order valence-corrected chi connectivity index (χ4v) is 8.90. The van der Waals surface area contributed by atoms with Crippen molar-refractivity contribution < 1.29 is 14.7 Å². The summed E-state index contributed by atoms with van der Waals surface area (Å²) in [6, 6.07) is 0. The third kappa shape index (κ3) is 2.53. The molecule has 0 radical (unpaired) electrons. The standard InChI is InChI=1S/C21H31BrO3/c1-20-8-6-15-13(14(20)3-4-16(20)19(25)11-23)10-18(22)17-9-12(24)5-7-21(15,17)2/h13-18,23H,3-11H2,1-2H3/t13-,14-,15-,16+,17-,18-,20-,21+/m0/s1. The molecule has 4 aliphatic carbocycles. The number of rotatable bonds is 2. The van der Waals surface area contributed by atoms with Crippen LogP contribution in [0.25, 0.3) is 0 Å². The molecular formula is C21H31BrO3. The van der Waals surface area contributed by atoms with E-state index in [1.54, 1.807) is 0 Å². The first-order valence-corrected chi connectivity index (χ1v) is 11.0. The summed E-state index contributed by atoms with van der Waals surface area (Å²) in [4.78, 5) is 24.8. The van der Waals surface area contributed by atoms with E-state index in [1.165, 1.54) is 6.42 Å². The lowest BCUT2D eigenvalue weighted by Gasteiger charge is -2.61. The molecule has 4 rings (SSSR count). The molecule has 0 saturated heterocycles. The van der Waals surface area contributed by atoms with E-state index in [-0.39, 0.29) is 29.1 Å². The maximum atomic E-state index is 12.3. The summed E-state index contributed by atoms with van der Waals surface area (Å²) in [5.74, 6) is 2.99. The zero-order chi connectivity index (χ0) is 18.0. The van der Waals surface area contributed by atoms with Crippen LogP contribution in [-0.2, 0) is 9.59 Å². The smallest absolute Gasteiger partial charge is 0.161 e. The molecule has 1 N–H and O–H groups in total. The molecule has 0 aliphatic heterocycles. The Balaban J connectivity index is 1.64. The van der Waals surface area contributed by atoms with Gasteiger partial charge in [0.05, 0.1) is 0 Å².